The van der Waals surface area contributed by atoms with Gasteiger partial charge >= 0.3 is 0 Å². The van der Waals surface area contributed by atoms with Gasteiger partial charge in [-0.05, 0) is 48.7 Å². The van der Waals surface area contributed by atoms with Crippen molar-refractivity contribution < 1.29 is 4.79 Å². The number of rotatable bonds is 8. The van der Waals surface area contributed by atoms with Gasteiger partial charge in [0.2, 0.25) is 5.91 Å². The number of hydrogen-bond donors (Lipinski definition) is 3. The smallest absolute Gasteiger partial charge is 0.272 e. The molecular formula is C22H27ClN6O2. The average Bonchev–Trinajstić information content (AvgIpc) is 3.07. The van der Waals surface area contributed by atoms with Crippen molar-refractivity contribution >= 4 is 17.5 Å². The van der Waals surface area contributed by atoms with Gasteiger partial charge < -0.3 is 16.5 Å². The van der Waals surface area contributed by atoms with Crippen LogP contribution in [0.15, 0.2) is 41.5 Å². The van der Waals surface area contributed by atoms with E-state index >= 15 is 0 Å². The predicted molar refractivity (Wildman–Crippen MR) is 121 cm³/mol. The molecule has 1 amide bonds. The van der Waals surface area contributed by atoms with Crippen LogP contribution in [0.1, 0.15) is 33.5 Å². The molecule has 2 aromatic heterocycles. The van der Waals surface area contributed by atoms with E-state index in [1.54, 1.807) is 29.2 Å². The van der Waals surface area contributed by atoms with Crippen LogP contribution in [0, 0.1) is 13.8 Å². The summed E-state index contributed by atoms with van der Waals surface area (Å²) in [5, 5.41) is 7.65. The van der Waals surface area contributed by atoms with E-state index in [9.17, 15) is 9.59 Å². The summed E-state index contributed by atoms with van der Waals surface area (Å²) in [5.74, 6) is -0.246. The lowest BCUT2D eigenvalue weighted by molar-refractivity contribution is -0.120. The Balaban J connectivity index is 1.69. The molecule has 0 aliphatic carbocycles. The molecule has 0 saturated carbocycles. The van der Waals surface area contributed by atoms with E-state index in [0.29, 0.717) is 30.2 Å². The summed E-state index contributed by atoms with van der Waals surface area (Å²) in [5.41, 5.74) is 13.6. The molecule has 1 aromatic carbocycles. The van der Waals surface area contributed by atoms with E-state index in [2.05, 4.69) is 15.8 Å². The number of nitrogens with zero attached hydrogens (tertiary/aromatic N) is 3. The highest BCUT2D eigenvalue weighted by atomic mass is 35.5. The standard InChI is InChI=1S/C22H27ClN6O2/c1-14-6-7-29(27-13-18-12-26-28(3)15(18)2)22(31)20(14)9-21(30)25-11-17-8-19(23)5-4-16(17)10-24/h4-8,12,27H,9-11,13,24H2,1-3H3,(H,25,30). The average molecular weight is 443 g/mol. The summed E-state index contributed by atoms with van der Waals surface area (Å²) in [7, 11) is 1.87. The number of pyridine rings is 1. The number of halogens is 1. The highest BCUT2D eigenvalue weighted by Crippen LogP contribution is 2.16. The predicted octanol–water partition coefficient (Wildman–Crippen LogP) is 1.91. The molecule has 8 nitrogen and oxygen atoms in total. The molecule has 164 valence electrons. The van der Waals surface area contributed by atoms with Crippen molar-refractivity contribution in [2.24, 2.45) is 12.8 Å². The van der Waals surface area contributed by atoms with Crippen LogP contribution in [0.5, 0.6) is 0 Å². The van der Waals surface area contributed by atoms with Crippen molar-refractivity contribution in [2.75, 3.05) is 5.43 Å². The fourth-order valence-corrected chi connectivity index (χ4v) is 3.47. The Bertz CT molecular complexity index is 1150. The monoisotopic (exact) mass is 442 g/mol. The zero-order chi connectivity index (χ0) is 22.5. The topological polar surface area (TPSA) is 107 Å². The van der Waals surface area contributed by atoms with Crippen LogP contribution in [0.4, 0.5) is 0 Å². The molecule has 0 radical (unpaired) electrons. The SMILES string of the molecule is Cc1ccn(NCc2cnn(C)c2C)c(=O)c1CC(=O)NCc1cc(Cl)ccc1CN. The molecule has 0 aliphatic rings. The maximum Gasteiger partial charge on any atom is 0.272 e. The van der Waals surface area contributed by atoms with Crippen LogP contribution < -0.4 is 22.0 Å². The van der Waals surface area contributed by atoms with E-state index < -0.39 is 0 Å². The fourth-order valence-electron chi connectivity index (χ4n) is 3.27. The number of hydrogen-bond acceptors (Lipinski definition) is 5. The first-order valence-corrected chi connectivity index (χ1v) is 10.3. The van der Waals surface area contributed by atoms with Gasteiger partial charge in [0.1, 0.15) is 0 Å². The summed E-state index contributed by atoms with van der Waals surface area (Å²) in [6.45, 7) is 4.89. The molecule has 0 spiro atoms. The van der Waals surface area contributed by atoms with E-state index in [1.807, 2.05) is 33.0 Å². The maximum atomic E-state index is 12.9. The number of carbonyl (C=O) groups is 1. The number of nitrogens with one attached hydrogen (secondary N) is 2. The van der Waals surface area contributed by atoms with Crippen LogP contribution in [-0.4, -0.2) is 20.4 Å². The van der Waals surface area contributed by atoms with Crippen molar-refractivity contribution in [3.8, 4) is 0 Å². The minimum absolute atomic E-state index is 0.0162. The van der Waals surface area contributed by atoms with Gasteiger partial charge in [0.15, 0.2) is 0 Å². The molecule has 0 aliphatic heterocycles. The highest BCUT2D eigenvalue weighted by Gasteiger charge is 2.13. The molecule has 0 saturated heterocycles. The van der Waals surface area contributed by atoms with Crippen molar-refractivity contribution in [3.05, 3.63) is 85.5 Å². The Morgan fingerprint density at radius 1 is 1.16 bits per heavy atom. The van der Waals surface area contributed by atoms with Gasteiger partial charge in [0.25, 0.3) is 5.56 Å². The lowest BCUT2D eigenvalue weighted by Gasteiger charge is -2.14. The minimum Gasteiger partial charge on any atom is -0.352 e. The van der Waals surface area contributed by atoms with Gasteiger partial charge in [0, 0.05) is 48.2 Å². The van der Waals surface area contributed by atoms with E-state index in [-0.39, 0.29) is 17.9 Å². The largest absolute Gasteiger partial charge is 0.352 e. The summed E-state index contributed by atoms with van der Waals surface area (Å²) in [6, 6.07) is 7.22. The molecule has 3 rings (SSSR count). The first kappa shape index (κ1) is 22.6. The number of aromatic nitrogens is 3. The van der Waals surface area contributed by atoms with Crippen LogP contribution in [0.3, 0.4) is 0 Å². The zero-order valence-corrected chi connectivity index (χ0v) is 18.7. The summed E-state index contributed by atoms with van der Waals surface area (Å²) < 4.78 is 3.19. The van der Waals surface area contributed by atoms with Crippen LogP contribution in [0.2, 0.25) is 5.02 Å². The van der Waals surface area contributed by atoms with Crippen molar-refractivity contribution in [3.63, 3.8) is 0 Å². The van der Waals surface area contributed by atoms with Gasteiger partial charge in [-0.25, -0.2) is 4.68 Å². The molecular weight excluding hydrogens is 416 g/mol. The second-order valence-electron chi connectivity index (χ2n) is 7.44. The molecule has 0 unspecified atom stereocenters. The normalized spacial score (nSPS) is 10.9. The molecule has 0 fully saturated rings. The molecule has 4 N–H and O–H groups in total. The minimum atomic E-state index is -0.248. The molecule has 2 heterocycles. The summed E-state index contributed by atoms with van der Waals surface area (Å²) in [4.78, 5) is 25.5. The molecule has 0 bridgehead atoms. The summed E-state index contributed by atoms with van der Waals surface area (Å²) in [6.07, 6.45) is 3.42. The summed E-state index contributed by atoms with van der Waals surface area (Å²) >= 11 is 6.05. The van der Waals surface area contributed by atoms with Gasteiger partial charge in [-0.2, -0.15) is 5.10 Å². The number of carbonyl (C=O) groups excluding carboxylic acids is 1. The zero-order valence-electron chi connectivity index (χ0n) is 17.9. The van der Waals surface area contributed by atoms with Crippen molar-refractivity contribution in [2.45, 2.75) is 39.9 Å². The second-order valence-corrected chi connectivity index (χ2v) is 7.87. The van der Waals surface area contributed by atoms with Gasteiger partial charge in [-0.1, -0.05) is 17.7 Å². The molecule has 3 aromatic rings. The van der Waals surface area contributed by atoms with E-state index in [0.717, 1.165) is 27.9 Å². The van der Waals surface area contributed by atoms with E-state index in [4.69, 9.17) is 17.3 Å². The third kappa shape index (κ3) is 5.34. The second kappa shape index (κ2) is 9.80. The van der Waals surface area contributed by atoms with Crippen molar-refractivity contribution in [1.82, 2.24) is 19.8 Å². The highest BCUT2D eigenvalue weighted by molar-refractivity contribution is 6.30. The Morgan fingerprint density at radius 2 is 1.94 bits per heavy atom. The number of amides is 1. The van der Waals surface area contributed by atoms with Crippen LogP contribution >= 0.6 is 11.6 Å². The Morgan fingerprint density at radius 3 is 2.61 bits per heavy atom. The van der Waals surface area contributed by atoms with E-state index in [1.165, 1.54) is 4.68 Å². The number of nitrogens with two attached hydrogens (primary N) is 1. The first-order chi connectivity index (χ1) is 14.8. The quantitative estimate of drug-likeness (QED) is 0.494. The van der Waals surface area contributed by atoms with Crippen LogP contribution in [-0.2, 0) is 37.9 Å². The maximum absolute atomic E-state index is 12.9. The van der Waals surface area contributed by atoms with Gasteiger partial charge in [0.05, 0.1) is 19.2 Å². The molecule has 9 heteroatoms. The third-order valence-corrected chi connectivity index (χ3v) is 5.64. The van der Waals surface area contributed by atoms with Gasteiger partial charge in [-0.3, -0.25) is 14.3 Å². The Labute approximate surface area is 186 Å². The fraction of sp³-hybridized carbons (Fsp3) is 0.318. The van der Waals surface area contributed by atoms with Gasteiger partial charge in [-0.15, -0.1) is 0 Å². The number of aryl methyl sites for hydroxylation is 2. The number of benzene rings is 1. The molecule has 31 heavy (non-hydrogen) atoms. The van der Waals surface area contributed by atoms with Crippen molar-refractivity contribution in [1.29, 1.82) is 0 Å². The Kier molecular flexibility index (Phi) is 7.14. The third-order valence-electron chi connectivity index (χ3n) is 5.40. The lowest BCUT2D eigenvalue weighted by atomic mass is 10.1. The Hall–Kier alpha value is -3.10. The molecule has 0 atom stereocenters. The van der Waals surface area contributed by atoms with Crippen LogP contribution in [0.25, 0.3) is 0 Å². The first-order valence-electron chi connectivity index (χ1n) is 9.96. The lowest BCUT2D eigenvalue weighted by Crippen LogP contribution is -2.34.